The standard InChI is InChI=1S/C6H10O4S/c7-5(8)3-1-2-4-11-6(9)10/h1-4H2,(H,7,8)(H,9,10). The van der Waals surface area contributed by atoms with Crippen molar-refractivity contribution in [3.05, 3.63) is 0 Å². The fraction of sp³-hybridized carbons (Fsp3) is 0.667. The average molecular weight is 178 g/mol. The number of thioether (sulfide) groups is 1. The second-order valence-corrected chi connectivity index (χ2v) is 3.01. The molecular weight excluding hydrogens is 168 g/mol. The van der Waals surface area contributed by atoms with E-state index in [2.05, 4.69) is 0 Å². The highest BCUT2D eigenvalue weighted by Crippen LogP contribution is 2.06. The molecule has 0 heterocycles. The molecule has 0 aromatic carbocycles. The van der Waals surface area contributed by atoms with Crippen molar-refractivity contribution >= 4 is 23.0 Å². The van der Waals surface area contributed by atoms with Crippen molar-refractivity contribution in [3.8, 4) is 0 Å². The van der Waals surface area contributed by atoms with Crippen LogP contribution in [0.1, 0.15) is 19.3 Å². The topological polar surface area (TPSA) is 74.6 Å². The zero-order valence-electron chi connectivity index (χ0n) is 5.95. The van der Waals surface area contributed by atoms with Gasteiger partial charge in [0.15, 0.2) is 0 Å². The molecule has 0 aromatic heterocycles. The summed E-state index contributed by atoms with van der Waals surface area (Å²) in [6.07, 6.45) is 1.32. The van der Waals surface area contributed by atoms with Gasteiger partial charge < -0.3 is 10.2 Å². The summed E-state index contributed by atoms with van der Waals surface area (Å²) in [7, 11) is 0. The Kier molecular flexibility index (Phi) is 5.64. The summed E-state index contributed by atoms with van der Waals surface area (Å²) in [5.74, 6) is -0.340. The molecule has 4 nitrogen and oxygen atoms in total. The van der Waals surface area contributed by atoms with Gasteiger partial charge >= 0.3 is 11.3 Å². The van der Waals surface area contributed by atoms with Crippen molar-refractivity contribution < 1.29 is 19.8 Å². The molecule has 0 aliphatic carbocycles. The van der Waals surface area contributed by atoms with Gasteiger partial charge in [-0.3, -0.25) is 4.79 Å². The summed E-state index contributed by atoms with van der Waals surface area (Å²) >= 11 is 0.807. The quantitative estimate of drug-likeness (QED) is 0.626. The molecule has 0 fully saturated rings. The van der Waals surface area contributed by atoms with Crippen molar-refractivity contribution in [1.82, 2.24) is 0 Å². The Morgan fingerprint density at radius 2 is 1.82 bits per heavy atom. The van der Waals surface area contributed by atoms with Crippen LogP contribution in [0.4, 0.5) is 4.79 Å². The third-order valence-electron chi connectivity index (χ3n) is 1.01. The maximum Gasteiger partial charge on any atom is 0.364 e. The minimum atomic E-state index is -0.902. The predicted octanol–water partition coefficient (Wildman–Crippen LogP) is 1.65. The van der Waals surface area contributed by atoms with Crippen LogP contribution in [-0.4, -0.2) is 27.2 Å². The highest BCUT2D eigenvalue weighted by Gasteiger charge is 1.99. The van der Waals surface area contributed by atoms with Crippen LogP contribution in [0.15, 0.2) is 0 Å². The Labute approximate surface area is 68.6 Å². The average Bonchev–Trinajstić information content (AvgIpc) is 1.85. The lowest BCUT2D eigenvalue weighted by atomic mass is 10.3. The van der Waals surface area contributed by atoms with Crippen molar-refractivity contribution in [2.45, 2.75) is 19.3 Å². The molecule has 0 atom stereocenters. The molecule has 0 radical (unpaired) electrons. The van der Waals surface area contributed by atoms with Crippen LogP contribution in [0, 0.1) is 0 Å². The minimum Gasteiger partial charge on any atom is -0.481 e. The predicted molar refractivity (Wildman–Crippen MR) is 42.0 cm³/mol. The monoisotopic (exact) mass is 178 g/mol. The molecule has 64 valence electrons. The van der Waals surface area contributed by atoms with E-state index in [1.54, 1.807) is 0 Å². The van der Waals surface area contributed by atoms with Crippen LogP contribution in [0.3, 0.4) is 0 Å². The fourth-order valence-corrected chi connectivity index (χ4v) is 1.06. The molecule has 0 saturated carbocycles. The van der Waals surface area contributed by atoms with Gasteiger partial charge in [0.1, 0.15) is 0 Å². The normalized spacial score (nSPS) is 9.45. The summed E-state index contributed by atoms with van der Waals surface area (Å²) in [5.41, 5.74) is 0. The lowest BCUT2D eigenvalue weighted by Crippen LogP contribution is -1.95. The molecule has 0 aromatic rings. The van der Waals surface area contributed by atoms with Crippen molar-refractivity contribution in [2.75, 3.05) is 5.75 Å². The fourth-order valence-electron chi connectivity index (χ4n) is 0.538. The number of unbranched alkanes of at least 4 members (excludes halogenated alkanes) is 1. The lowest BCUT2D eigenvalue weighted by Gasteiger charge is -1.94. The molecule has 0 amide bonds. The molecule has 0 aliphatic heterocycles. The van der Waals surface area contributed by atoms with E-state index in [0.717, 1.165) is 11.8 Å². The van der Waals surface area contributed by atoms with Crippen LogP contribution >= 0.6 is 11.8 Å². The number of rotatable bonds is 5. The summed E-state index contributed by atoms with van der Waals surface area (Å²) in [6, 6.07) is 0. The van der Waals surface area contributed by atoms with Gasteiger partial charge in [-0.2, -0.15) is 0 Å². The Bertz CT molecular complexity index is 130. The van der Waals surface area contributed by atoms with Gasteiger partial charge in [0.2, 0.25) is 0 Å². The number of hydrogen-bond acceptors (Lipinski definition) is 3. The van der Waals surface area contributed by atoms with Crippen LogP contribution in [-0.2, 0) is 4.79 Å². The molecule has 5 heteroatoms. The zero-order chi connectivity index (χ0) is 8.69. The van der Waals surface area contributed by atoms with Gasteiger partial charge in [0.05, 0.1) is 0 Å². The SMILES string of the molecule is O=C(O)CCCCSC(=O)O. The smallest absolute Gasteiger partial charge is 0.364 e. The number of carboxylic acids is 1. The molecule has 2 N–H and O–H groups in total. The van der Waals surface area contributed by atoms with E-state index in [1.807, 2.05) is 0 Å². The molecule has 0 unspecified atom stereocenters. The highest BCUT2D eigenvalue weighted by atomic mass is 32.2. The largest absolute Gasteiger partial charge is 0.481 e. The Morgan fingerprint density at radius 3 is 2.27 bits per heavy atom. The number of carboxylic acid groups (broad SMARTS) is 2. The van der Waals surface area contributed by atoms with Gasteiger partial charge in [-0.25, -0.2) is 4.79 Å². The Hall–Kier alpha value is -0.710. The maximum atomic E-state index is 9.97. The zero-order valence-corrected chi connectivity index (χ0v) is 6.76. The van der Waals surface area contributed by atoms with Crippen LogP contribution < -0.4 is 0 Å². The minimum absolute atomic E-state index is 0.125. The summed E-state index contributed by atoms with van der Waals surface area (Å²) in [6.45, 7) is 0. The highest BCUT2D eigenvalue weighted by molar-refractivity contribution is 8.13. The number of aliphatic carboxylic acids is 1. The first-order valence-electron chi connectivity index (χ1n) is 3.20. The van der Waals surface area contributed by atoms with E-state index in [4.69, 9.17) is 10.2 Å². The van der Waals surface area contributed by atoms with Gasteiger partial charge in [-0.05, 0) is 24.6 Å². The molecule has 0 rings (SSSR count). The van der Waals surface area contributed by atoms with E-state index in [1.165, 1.54) is 0 Å². The third kappa shape index (κ3) is 9.29. The summed E-state index contributed by atoms with van der Waals surface area (Å²) in [5, 5.41) is 15.5. The third-order valence-corrected chi connectivity index (χ3v) is 1.75. The van der Waals surface area contributed by atoms with Gasteiger partial charge in [0.25, 0.3) is 0 Å². The Balaban J connectivity index is 3.03. The first-order valence-corrected chi connectivity index (χ1v) is 4.19. The maximum absolute atomic E-state index is 9.97. The van der Waals surface area contributed by atoms with E-state index >= 15 is 0 Å². The Morgan fingerprint density at radius 1 is 1.18 bits per heavy atom. The molecule has 0 bridgehead atoms. The second kappa shape index (κ2) is 6.03. The molecular formula is C6H10O4S. The van der Waals surface area contributed by atoms with Gasteiger partial charge in [-0.15, -0.1) is 0 Å². The van der Waals surface area contributed by atoms with E-state index in [9.17, 15) is 9.59 Å². The second-order valence-electron chi connectivity index (χ2n) is 1.97. The van der Waals surface area contributed by atoms with Gasteiger partial charge in [-0.1, -0.05) is 0 Å². The van der Waals surface area contributed by atoms with E-state index in [-0.39, 0.29) is 6.42 Å². The van der Waals surface area contributed by atoms with E-state index in [0.29, 0.717) is 18.6 Å². The van der Waals surface area contributed by atoms with Crippen LogP contribution in [0.5, 0.6) is 0 Å². The van der Waals surface area contributed by atoms with Crippen molar-refractivity contribution in [3.63, 3.8) is 0 Å². The molecule has 0 saturated heterocycles. The van der Waals surface area contributed by atoms with E-state index < -0.39 is 11.3 Å². The molecule has 11 heavy (non-hydrogen) atoms. The summed E-state index contributed by atoms with van der Waals surface area (Å²) in [4.78, 5) is 19.9. The van der Waals surface area contributed by atoms with Crippen molar-refractivity contribution in [1.29, 1.82) is 0 Å². The summed E-state index contributed by atoms with van der Waals surface area (Å²) < 4.78 is 0. The number of carbonyl (C=O) groups is 2. The number of hydrogen-bond donors (Lipinski definition) is 2. The van der Waals surface area contributed by atoms with Gasteiger partial charge in [0, 0.05) is 12.2 Å². The lowest BCUT2D eigenvalue weighted by molar-refractivity contribution is -0.137. The first-order chi connectivity index (χ1) is 5.13. The van der Waals surface area contributed by atoms with Crippen molar-refractivity contribution in [2.24, 2.45) is 0 Å². The molecule has 0 aliphatic rings. The van der Waals surface area contributed by atoms with Crippen LogP contribution in [0.2, 0.25) is 0 Å². The first kappa shape index (κ1) is 10.3. The van der Waals surface area contributed by atoms with Crippen LogP contribution in [0.25, 0.3) is 0 Å². The molecule has 0 spiro atoms.